The Balaban J connectivity index is 1.99. The van der Waals surface area contributed by atoms with Crippen LogP contribution in [0.25, 0.3) is 0 Å². The lowest BCUT2D eigenvalue weighted by molar-refractivity contribution is 0.0601. The molecule has 0 aromatic carbocycles. The predicted octanol–water partition coefficient (Wildman–Crippen LogP) is 1.00. The number of hydrogen-bond donors (Lipinski definition) is 1. The van der Waals surface area contributed by atoms with Crippen molar-refractivity contribution in [2.45, 2.75) is 19.3 Å². The van der Waals surface area contributed by atoms with Gasteiger partial charge in [0, 0.05) is 26.7 Å². The van der Waals surface area contributed by atoms with Crippen LogP contribution in [-0.4, -0.2) is 28.8 Å². The van der Waals surface area contributed by atoms with E-state index in [1.165, 1.54) is 4.68 Å². The van der Waals surface area contributed by atoms with Gasteiger partial charge in [-0.25, -0.2) is 0 Å². The molecule has 1 aliphatic heterocycles. The van der Waals surface area contributed by atoms with E-state index in [1.54, 1.807) is 13.2 Å². The van der Waals surface area contributed by atoms with Crippen LogP contribution >= 0.6 is 0 Å². The maximum absolute atomic E-state index is 12.0. The van der Waals surface area contributed by atoms with Crippen LogP contribution in [0.5, 0.6) is 0 Å². The highest BCUT2D eigenvalue weighted by atomic mass is 16.5. The van der Waals surface area contributed by atoms with Crippen molar-refractivity contribution in [2.24, 2.45) is 13.0 Å². The lowest BCUT2D eigenvalue weighted by Gasteiger charge is -2.20. The summed E-state index contributed by atoms with van der Waals surface area (Å²) >= 11 is 0. The summed E-state index contributed by atoms with van der Waals surface area (Å²) < 4.78 is 6.79. The molecule has 5 heteroatoms. The number of hydrogen-bond acceptors (Lipinski definition) is 4. The van der Waals surface area contributed by atoms with Gasteiger partial charge in [0.15, 0.2) is 5.78 Å². The Labute approximate surface area is 94.6 Å². The fourth-order valence-electron chi connectivity index (χ4n) is 1.98. The lowest BCUT2D eigenvalue weighted by Crippen LogP contribution is -2.19. The molecule has 0 radical (unpaired) electrons. The van der Waals surface area contributed by atoms with Gasteiger partial charge in [0.2, 0.25) is 0 Å². The van der Waals surface area contributed by atoms with Gasteiger partial charge in [-0.15, -0.1) is 0 Å². The van der Waals surface area contributed by atoms with Crippen molar-refractivity contribution in [1.82, 2.24) is 9.78 Å². The Morgan fingerprint density at radius 3 is 2.88 bits per heavy atom. The molecule has 2 N–H and O–H groups in total. The minimum absolute atomic E-state index is 0.0949. The number of rotatable bonds is 3. The van der Waals surface area contributed by atoms with Crippen LogP contribution in [0.15, 0.2) is 6.20 Å². The number of aromatic nitrogens is 2. The zero-order valence-corrected chi connectivity index (χ0v) is 9.48. The van der Waals surface area contributed by atoms with Crippen LogP contribution in [-0.2, 0) is 11.8 Å². The predicted molar refractivity (Wildman–Crippen MR) is 60.1 cm³/mol. The second kappa shape index (κ2) is 4.65. The number of ketones is 1. The minimum atomic E-state index is 0.0949. The third-order valence-corrected chi connectivity index (χ3v) is 3.10. The summed E-state index contributed by atoms with van der Waals surface area (Å²) in [6.07, 6.45) is 4.04. The van der Waals surface area contributed by atoms with Gasteiger partial charge in [-0.05, 0) is 18.8 Å². The fourth-order valence-corrected chi connectivity index (χ4v) is 1.98. The van der Waals surface area contributed by atoms with Gasteiger partial charge >= 0.3 is 0 Å². The van der Waals surface area contributed by atoms with Crippen LogP contribution in [0, 0.1) is 5.92 Å². The molecule has 1 aromatic heterocycles. The Kier molecular flexibility index (Phi) is 3.24. The van der Waals surface area contributed by atoms with E-state index in [4.69, 9.17) is 10.5 Å². The first-order valence-corrected chi connectivity index (χ1v) is 5.57. The molecule has 0 amide bonds. The molecule has 1 aromatic rings. The quantitative estimate of drug-likeness (QED) is 0.776. The molecule has 5 nitrogen and oxygen atoms in total. The summed E-state index contributed by atoms with van der Waals surface area (Å²) in [5.41, 5.74) is 6.31. The number of carbonyl (C=O) groups excluding carboxylic acids is 1. The summed E-state index contributed by atoms with van der Waals surface area (Å²) in [5, 5.41) is 3.98. The van der Waals surface area contributed by atoms with E-state index in [-0.39, 0.29) is 5.78 Å². The second-order valence-electron chi connectivity index (χ2n) is 4.25. The van der Waals surface area contributed by atoms with E-state index >= 15 is 0 Å². The molecule has 88 valence electrons. The number of aryl methyl sites for hydroxylation is 1. The van der Waals surface area contributed by atoms with Crippen molar-refractivity contribution < 1.29 is 9.53 Å². The molecule has 2 heterocycles. The van der Waals surface area contributed by atoms with E-state index in [0.29, 0.717) is 23.7 Å². The first-order chi connectivity index (χ1) is 7.68. The normalized spacial score (nSPS) is 17.6. The average Bonchev–Trinajstić information content (AvgIpc) is 2.61. The van der Waals surface area contributed by atoms with Gasteiger partial charge in [0.1, 0.15) is 5.82 Å². The van der Waals surface area contributed by atoms with Crippen LogP contribution < -0.4 is 5.73 Å². The molecule has 1 aliphatic rings. The van der Waals surface area contributed by atoms with Gasteiger partial charge in [0.25, 0.3) is 0 Å². The molecular formula is C11H17N3O2. The van der Waals surface area contributed by atoms with Crippen LogP contribution in [0.2, 0.25) is 0 Å². The molecular weight excluding hydrogens is 206 g/mol. The summed E-state index contributed by atoms with van der Waals surface area (Å²) in [7, 11) is 1.74. The zero-order valence-electron chi connectivity index (χ0n) is 9.48. The van der Waals surface area contributed by atoms with Gasteiger partial charge in [0.05, 0.1) is 11.8 Å². The maximum atomic E-state index is 12.0. The van der Waals surface area contributed by atoms with Crippen molar-refractivity contribution in [3.63, 3.8) is 0 Å². The minimum Gasteiger partial charge on any atom is -0.383 e. The largest absolute Gasteiger partial charge is 0.383 e. The third kappa shape index (κ3) is 2.24. The summed E-state index contributed by atoms with van der Waals surface area (Å²) in [4.78, 5) is 12.0. The van der Waals surface area contributed by atoms with Crippen molar-refractivity contribution in [2.75, 3.05) is 18.9 Å². The van der Waals surface area contributed by atoms with Gasteiger partial charge in [-0.2, -0.15) is 5.10 Å². The van der Waals surface area contributed by atoms with E-state index in [2.05, 4.69) is 5.10 Å². The van der Waals surface area contributed by atoms with E-state index < -0.39 is 0 Å². The summed E-state index contributed by atoms with van der Waals surface area (Å²) in [5.74, 6) is 0.982. The number of nitrogen functional groups attached to an aromatic ring is 1. The molecule has 16 heavy (non-hydrogen) atoms. The highest BCUT2D eigenvalue weighted by Crippen LogP contribution is 2.22. The topological polar surface area (TPSA) is 70.1 Å². The first-order valence-electron chi connectivity index (χ1n) is 5.57. The van der Waals surface area contributed by atoms with Crippen LogP contribution in [0.4, 0.5) is 5.82 Å². The van der Waals surface area contributed by atoms with E-state index in [9.17, 15) is 4.79 Å². The molecule has 0 atom stereocenters. The molecule has 0 bridgehead atoms. The number of nitrogens with zero attached hydrogens (tertiary/aromatic N) is 2. The monoisotopic (exact) mass is 223 g/mol. The van der Waals surface area contributed by atoms with Crippen molar-refractivity contribution >= 4 is 11.6 Å². The molecule has 0 aliphatic carbocycles. The first kappa shape index (κ1) is 11.1. The lowest BCUT2D eigenvalue weighted by atomic mass is 9.92. The van der Waals surface area contributed by atoms with E-state index in [0.717, 1.165) is 26.1 Å². The fraction of sp³-hybridized carbons (Fsp3) is 0.636. The highest BCUT2D eigenvalue weighted by Gasteiger charge is 2.20. The standard InChI is InChI=1S/C11H17N3O2/c1-14-11(12)9(7-13-14)10(15)6-8-2-4-16-5-3-8/h7-8H,2-6,12H2,1H3. The average molecular weight is 223 g/mol. The van der Waals surface area contributed by atoms with Crippen LogP contribution in [0.3, 0.4) is 0 Å². The molecule has 1 fully saturated rings. The van der Waals surface area contributed by atoms with Crippen molar-refractivity contribution in [3.05, 3.63) is 11.8 Å². The van der Waals surface area contributed by atoms with Gasteiger partial charge < -0.3 is 10.5 Å². The molecule has 0 unspecified atom stereocenters. The Bertz CT molecular complexity index is 381. The zero-order chi connectivity index (χ0) is 11.5. The Hall–Kier alpha value is -1.36. The Morgan fingerprint density at radius 1 is 1.62 bits per heavy atom. The summed E-state index contributed by atoms with van der Waals surface area (Å²) in [6.45, 7) is 1.53. The number of ether oxygens (including phenoxy) is 1. The molecule has 0 saturated carbocycles. The number of anilines is 1. The van der Waals surface area contributed by atoms with Gasteiger partial charge in [-0.1, -0.05) is 0 Å². The van der Waals surface area contributed by atoms with Crippen LogP contribution in [0.1, 0.15) is 29.6 Å². The summed E-state index contributed by atoms with van der Waals surface area (Å²) in [6, 6.07) is 0. The Morgan fingerprint density at radius 2 is 2.31 bits per heavy atom. The molecule has 1 saturated heterocycles. The maximum Gasteiger partial charge on any atom is 0.168 e. The third-order valence-electron chi connectivity index (χ3n) is 3.10. The number of Topliss-reactive ketones (excluding diaryl/α,β-unsaturated/α-hetero) is 1. The number of nitrogens with two attached hydrogens (primary N) is 1. The van der Waals surface area contributed by atoms with Gasteiger partial charge in [-0.3, -0.25) is 9.48 Å². The number of carbonyl (C=O) groups is 1. The van der Waals surface area contributed by atoms with E-state index in [1.807, 2.05) is 0 Å². The molecule has 2 rings (SSSR count). The van der Waals surface area contributed by atoms with Crippen molar-refractivity contribution in [3.8, 4) is 0 Å². The second-order valence-corrected chi connectivity index (χ2v) is 4.25. The highest BCUT2D eigenvalue weighted by molar-refractivity contribution is 6.00. The SMILES string of the molecule is Cn1ncc(C(=O)CC2CCOCC2)c1N. The smallest absolute Gasteiger partial charge is 0.168 e. The molecule has 0 spiro atoms. The van der Waals surface area contributed by atoms with Crippen molar-refractivity contribution in [1.29, 1.82) is 0 Å².